The number of nitriles is 1. The highest BCUT2D eigenvalue weighted by molar-refractivity contribution is 5.37. The summed E-state index contributed by atoms with van der Waals surface area (Å²) in [6.07, 6.45) is 0. The Morgan fingerprint density at radius 1 is 1.32 bits per heavy atom. The van der Waals surface area contributed by atoms with Crippen LogP contribution in [0.2, 0.25) is 0 Å². The van der Waals surface area contributed by atoms with Crippen LogP contribution in [0.15, 0.2) is 10.6 Å². The van der Waals surface area contributed by atoms with Crippen LogP contribution in [0.5, 0.6) is 0 Å². The molecule has 0 aliphatic carbocycles. The first kappa shape index (κ1) is 13.0. The van der Waals surface area contributed by atoms with Gasteiger partial charge in [0.2, 0.25) is 5.95 Å². The fourth-order valence-corrected chi connectivity index (χ4v) is 2.06. The zero-order valence-electron chi connectivity index (χ0n) is 11.4. The molecule has 0 bridgehead atoms. The molecule has 1 atom stereocenters. The SMILES string of the molecule is Cc1cc(C#N)nc(NC(C)c2c(C)noc2C)n1. The van der Waals surface area contributed by atoms with E-state index < -0.39 is 0 Å². The molecule has 2 aromatic heterocycles. The van der Waals surface area contributed by atoms with Gasteiger partial charge in [0.15, 0.2) is 0 Å². The zero-order chi connectivity index (χ0) is 14.0. The average Bonchev–Trinajstić information content (AvgIpc) is 2.68. The minimum absolute atomic E-state index is 0.0420. The quantitative estimate of drug-likeness (QED) is 0.908. The van der Waals surface area contributed by atoms with E-state index in [1.54, 1.807) is 6.07 Å². The summed E-state index contributed by atoms with van der Waals surface area (Å²) in [7, 11) is 0. The van der Waals surface area contributed by atoms with Gasteiger partial charge >= 0.3 is 0 Å². The van der Waals surface area contributed by atoms with Gasteiger partial charge in [-0.05, 0) is 33.8 Å². The molecule has 0 saturated carbocycles. The van der Waals surface area contributed by atoms with Crippen molar-refractivity contribution < 1.29 is 4.52 Å². The van der Waals surface area contributed by atoms with Gasteiger partial charge in [0.05, 0.1) is 11.7 Å². The second-order valence-corrected chi connectivity index (χ2v) is 4.43. The van der Waals surface area contributed by atoms with Crippen LogP contribution in [-0.4, -0.2) is 15.1 Å². The summed E-state index contributed by atoms with van der Waals surface area (Å²) < 4.78 is 5.14. The van der Waals surface area contributed by atoms with E-state index in [0.717, 1.165) is 22.7 Å². The van der Waals surface area contributed by atoms with E-state index in [-0.39, 0.29) is 6.04 Å². The normalized spacial score (nSPS) is 11.9. The highest BCUT2D eigenvalue weighted by Gasteiger charge is 2.17. The van der Waals surface area contributed by atoms with Crippen molar-refractivity contribution in [3.05, 3.63) is 34.5 Å². The second-order valence-electron chi connectivity index (χ2n) is 4.43. The molecule has 0 radical (unpaired) electrons. The van der Waals surface area contributed by atoms with Crippen molar-refractivity contribution >= 4 is 5.95 Å². The van der Waals surface area contributed by atoms with E-state index in [1.807, 2.05) is 33.8 Å². The first-order valence-corrected chi connectivity index (χ1v) is 5.96. The van der Waals surface area contributed by atoms with Gasteiger partial charge < -0.3 is 9.84 Å². The number of aromatic nitrogens is 3. The summed E-state index contributed by atoms with van der Waals surface area (Å²) in [4.78, 5) is 8.39. The predicted molar refractivity (Wildman–Crippen MR) is 69.5 cm³/mol. The summed E-state index contributed by atoms with van der Waals surface area (Å²) in [5.74, 6) is 1.20. The molecule has 0 fully saturated rings. The van der Waals surface area contributed by atoms with Crippen molar-refractivity contribution in [2.24, 2.45) is 0 Å². The van der Waals surface area contributed by atoms with E-state index in [0.29, 0.717) is 11.6 Å². The summed E-state index contributed by atoms with van der Waals surface area (Å²) in [6.45, 7) is 7.56. The third kappa shape index (κ3) is 2.71. The first-order chi connectivity index (χ1) is 9.01. The van der Waals surface area contributed by atoms with E-state index in [2.05, 4.69) is 20.4 Å². The number of hydrogen-bond acceptors (Lipinski definition) is 6. The lowest BCUT2D eigenvalue weighted by molar-refractivity contribution is 0.392. The molecule has 19 heavy (non-hydrogen) atoms. The Kier molecular flexibility index (Phi) is 3.47. The molecule has 0 amide bonds. The molecule has 0 aliphatic rings. The van der Waals surface area contributed by atoms with E-state index in [9.17, 15) is 0 Å². The summed E-state index contributed by atoms with van der Waals surface area (Å²) >= 11 is 0. The van der Waals surface area contributed by atoms with Gasteiger partial charge in [0.25, 0.3) is 0 Å². The van der Waals surface area contributed by atoms with Crippen molar-refractivity contribution in [2.45, 2.75) is 33.7 Å². The molecule has 1 unspecified atom stereocenters. The van der Waals surface area contributed by atoms with Crippen molar-refractivity contribution in [1.29, 1.82) is 5.26 Å². The van der Waals surface area contributed by atoms with Gasteiger partial charge in [-0.25, -0.2) is 9.97 Å². The molecule has 0 aliphatic heterocycles. The Morgan fingerprint density at radius 3 is 2.63 bits per heavy atom. The minimum Gasteiger partial charge on any atom is -0.361 e. The molecule has 0 aromatic carbocycles. The molecule has 2 heterocycles. The smallest absolute Gasteiger partial charge is 0.224 e. The van der Waals surface area contributed by atoms with Crippen LogP contribution < -0.4 is 5.32 Å². The lowest BCUT2D eigenvalue weighted by atomic mass is 10.1. The van der Waals surface area contributed by atoms with Gasteiger partial charge in [-0.2, -0.15) is 5.26 Å². The molecular weight excluding hydrogens is 242 g/mol. The number of hydrogen-bond donors (Lipinski definition) is 1. The van der Waals surface area contributed by atoms with Crippen LogP contribution in [0, 0.1) is 32.1 Å². The van der Waals surface area contributed by atoms with E-state index >= 15 is 0 Å². The minimum atomic E-state index is -0.0420. The summed E-state index contributed by atoms with van der Waals surface area (Å²) in [6, 6.07) is 3.62. The fourth-order valence-electron chi connectivity index (χ4n) is 2.06. The van der Waals surface area contributed by atoms with Gasteiger partial charge in [0.1, 0.15) is 17.5 Å². The first-order valence-electron chi connectivity index (χ1n) is 5.96. The summed E-state index contributed by atoms with van der Waals surface area (Å²) in [5.41, 5.74) is 2.93. The molecule has 2 aromatic rings. The molecule has 0 spiro atoms. The molecule has 6 nitrogen and oxygen atoms in total. The van der Waals surface area contributed by atoms with Gasteiger partial charge in [0, 0.05) is 11.3 Å². The topological polar surface area (TPSA) is 87.6 Å². The monoisotopic (exact) mass is 257 g/mol. The maximum atomic E-state index is 8.90. The number of aryl methyl sites for hydroxylation is 3. The number of nitrogens with zero attached hydrogens (tertiary/aromatic N) is 4. The van der Waals surface area contributed by atoms with Crippen LogP contribution in [0.25, 0.3) is 0 Å². The molecule has 1 N–H and O–H groups in total. The van der Waals surface area contributed by atoms with Crippen molar-refractivity contribution in [2.75, 3.05) is 5.32 Å². The molecule has 2 rings (SSSR count). The van der Waals surface area contributed by atoms with Crippen molar-refractivity contribution in [3.8, 4) is 6.07 Å². The highest BCUT2D eigenvalue weighted by Crippen LogP contribution is 2.23. The van der Waals surface area contributed by atoms with Crippen molar-refractivity contribution in [1.82, 2.24) is 15.1 Å². The van der Waals surface area contributed by atoms with Gasteiger partial charge in [-0.15, -0.1) is 0 Å². The van der Waals surface area contributed by atoms with Gasteiger partial charge in [-0.1, -0.05) is 5.16 Å². The number of anilines is 1. The Hall–Kier alpha value is -2.42. The van der Waals surface area contributed by atoms with Gasteiger partial charge in [-0.3, -0.25) is 0 Å². The van der Waals surface area contributed by atoms with Crippen LogP contribution in [0.3, 0.4) is 0 Å². The van der Waals surface area contributed by atoms with Crippen molar-refractivity contribution in [3.63, 3.8) is 0 Å². The summed E-state index contributed by atoms with van der Waals surface area (Å²) in [5, 5.41) is 16.0. The van der Waals surface area contributed by atoms with E-state index in [1.165, 1.54) is 0 Å². The lowest BCUT2D eigenvalue weighted by Crippen LogP contribution is -2.11. The number of nitrogens with one attached hydrogen (secondary N) is 1. The van der Waals surface area contributed by atoms with Crippen LogP contribution >= 0.6 is 0 Å². The molecule has 6 heteroatoms. The zero-order valence-corrected chi connectivity index (χ0v) is 11.4. The third-order valence-corrected chi connectivity index (χ3v) is 2.84. The predicted octanol–water partition coefficient (Wildman–Crippen LogP) is 2.43. The third-order valence-electron chi connectivity index (χ3n) is 2.84. The standard InChI is InChI=1S/C13H15N5O/c1-7-5-11(6-14)17-13(15-7)16-8(2)12-9(3)18-19-10(12)4/h5,8H,1-4H3,(H,15,16,17). The Labute approximate surface area is 111 Å². The Bertz CT molecular complexity index is 621. The lowest BCUT2D eigenvalue weighted by Gasteiger charge is -2.13. The average molecular weight is 257 g/mol. The second kappa shape index (κ2) is 5.06. The Morgan fingerprint density at radius 2 is 2.05 bits per heavy atom. The maximum Gasteiger partial charge on any atom is 0.224 e. The Balaban J connectivity index is 2.27. The van der Waals surface area contributed by atoms with E-state index in [4.69, 9.17) is 9.78 Å². The number of rotatable bonds is 3. The maximum absolute atomic E-state index is 8.90. The van der Waals surface area contributed by atoms with Crippen LogP contribution in [0.1, 0.15) is 41.4 Å². The molecule has 0 saturated heterocycles. The van der Waals surface area contributed by atoms with Crippen LogP contribution in [-0.2, 0) is 0 Å². The highest BCUT2D eigenvalue weighted by atomic mass is 16.5. The fraction of sp³-hybridized carbons (Fsp3) is 0.385. The molecular formula is C13H15N5O. The largest absolute Gasteiger partial charge is 0.361 e. The van der Waals surface area contributed by atoms with Crippen LogP contribution in [0.4, 0.5) is 5.95 Å². The molecule has 98 valence electrons.